The van der Waals surface area contributed by atoms with Crippen molar-refractivity contribution in [3.8, 4) is 0 Å². The molecular formula is C8H14N2O4. The molecule has 6 heteroatoms. The van der Waals surface area contributed by atoms with E-state index in [4.69, 9.17) is 5.11 Å². The van der Waals surface area contributed by atoms with Gasteiger partial charge < -0.3 is 15.7 Å². The first-order chi connectivity index (χ1) is 6.47. The number of carboxylic acids is 1. The van der Waals surface area contributed by atoms with Gasteiger partial charge in [0.25, 0.3) is 0 Å². The largest absolute Gasteiger partial charge is 0.480 e. The topological polar surface area (TPSA) is 95.5 Å². The molecule has 1 atom stereocenters. The van der Waals surface area contributed by atoms with Gasteiger partial charge >= 0.3 is 5.97 Å². The fourth-order valence-corrected chi connectivity index (χ4v) is 0.793. The molecule has 3 N–H and O–H groups in total. The number of carbonyl (C=O) groups is 3. The fraction of sp³-hybridized carbons (Fsp3) is 0.625. The Kier molecular flexibility index (Phi) is 5.47. The molecule has 14 heavy (non-hydrogen) atoms. The number of nitrogens with one attached hydrogen (secondary N) is 2. The second-order valence-corrected chi connectivity index (χ2v) is 2.86. The molecule has 6 nitrogen and oxygen atoms in total. The molecule has 1 unspecified atom stereocenters. The van der Waals surface area contributed by atoms with Crippen LogP contribution in [0.15, 0.2) is 0 Å². The predicted octanol–water partition coefficient (Wildman–Crippen LogP) is -1.25. The van der Waals surface area contributed by atoms with Crippen molar-refractivity contribution in [3.05, 3.63) is 0 Å². The van der Waals surface area contributed by atoms with Crippen LogP contribution in [0.3, 0.4) is 0 Å². The van der Waals surface area contributed by atoms with Gasteiger partial charge in [-0.25, -0.2) is 0 Å². The van der Waals surface area contributed by atoms with E-state index in [-0.39, 0.29) is 18.7 Å². The van der Waals surface area contributed by atoms with Crippen molar-refractivity contribution in [1.82, 2.24) is 10.6 Å². The van der Waals surface area contributed by atoms with E-state index in [2.05, 4.69) is 10.6 Å². The van der Waals surface area contributed by atoms with Gasteiger partial charge in [0.2, 0.25) is 5.91 Å². The summed E-state index contributed by atoms with van der Waals surface area (Å²) in [6.07, 6.45) is -0.181. The molecule has 0 spiro atoms. The smallest absolute Gasteiger partial charge is 0.321 e. The summed E-state index contributed by atoms with van der Waals surface area (Å²) in [5.41, 5.74) is 0. The summed E-state index contributed by atoms with van der Waals surface area (Å²) < 4.78 is 0. The van der Waals surface area contributed by atoms with E-state index in [0.717, 1.165) is 0 Å². The van der Waals surface area contributed by atoms with E-state index >= 15 is 0 Å². The van der Waals surface area contributed by atoms with Crippen molar-refractivity contribution in [1.29, 1.82) is 0 Å². The zero-order chi connectivity index (χ0) is 11.1. The van der Waals surface area contributed by atoms with Gasteiger partial charge in [0.1, 0.15) is 11.8 Å². The maximum atomic E-state index is 11.1. The second kappa shape index (κ2) is 6.09. The van der Waals surface area contributed by atoms with Crippen molar-refractivity contribution in [2.24, 2.45) is 0 Å². The van der Waals surface area contributed by atoms with Crippen LogP contribution in [-0.4, -0.2) is 42.4 Å². The third-order valence-electron chi connectivity index (χ3n) is 1.57. The second-order valence-electron chi connectivity index (χ2n) is 2.86. The molecule has 0 heterocycles. The molecule has 0 aromatic heterocycles. The van der Waals surface area contributed by atoms with Gasteiger partial charge in [0.15, 0.2) is 0 Å². The van der Waals surface area contributed by atoms with E-state index in [1.165, 1.54) is 14.0 Å². The lowest BCUT2D eigenvalue weighted by molar-refractivity contribution is -0.141. The Morgan fingerprint density at radius 1 is 1.36 bits per heavy atom. The minimum Gasteiger partial charge on any atom is -0.480 e. The Morgan fingerprint density at radius 2 is 1.93 bits per heavy atom. The van der Waals surface area contributed by atoms with Crippen LogP contribution in [0.25, 0.3) is 0 Å². The quantitative estimate of drug-likeness (QED) is 0.500. The zero-order valence-electron chi connectivity index (χ0n) is 8.16. The molecule has 0 aliphatic heterocycles. The van der Waals surface area contributed by atoms with Crippen LogP contribution >= 0.6 is 0 Å². The predicted molar refractivity (Wildman–Crippen MR) is 48.8 cm³/mol. The van der Waals surface area contributed by atoms with Crippen LogP contribution in [0, 0.1) is 0 Å². The van der Waals surface area contributed by atoms with E-state index in [1.807, 2.05) is 0 Å². The molecule has 0 fully saturated rings. The molecule has 0 saturated heterocycles. The number of rotatable bonds is 6. The van der Waals surface area contributed by atoms with Gasteiger partial charge in [0, 0.05) is 0 Å². The van der Waals surface area contributed by atoms with Crippen LogP contribution in [-0.2, 0) is 14.4 Å². The molecular weight excluding hydrogens is 188 g/mol. The molecule has 0 saturated carbocycles. The number of ketones is 1. The Morgan fingerprint density at radius 3 is 2.29 bits per heavy atom. The van der Waals surface area contributed by atoms with E-state index < -0.39 is 17.9 Å². The van der Waals surface area contributed by atoms with Gasteiger partial charge in [0.05, 0.1) is 13.0 Å². The fourth-order valence-electron chi connectivity index (χ4n) is 0.793. The van der Waals surface area contributed by atoms with E-state index in [1.54, 1.807) is 0 Å². The number of hydrogen-bond donors (Lipinski definition) is 3. The van der Waals surface area contributed by atoms with E-state index in [0.29, 0.717) is 0 Å². The first kappa shape index (κ1) is 12.6. The molecule has 0 aliphatic rings. The van der Waals surface area contributed by atoms with E-state index in [9.17, 15) is 14.4 Å². The van der Waals surface area contributed by atoms with Crippen molar-refractivity contribution in [2.75, 3.05) is 13.6 Å². The zero-order valence-corrected chi connectivity index (χ0v) is 8.16. The minimum absolute atomic E-state index is 0.0606. The normalized spacial score (nSPS) is 11.9. The van der Waals surface area contributed by atoms with Gasteiger partial charge in [-0.15, -0.1) is 0 Å². The van der Waals surface area contributed by atoms with Crippen LogP contribution in [0.1, 0.15) is 13.3 Å². The average molecular weight is 202 g/mol. The van der Waals surface area contributed by atoms with Crippen LogP contribution in [0.2, 0.25) is 0 Å². The highest BCUT2D eigenvalue weighted by Gasteiger charge is 2.18. The molecule has 0 aromatic carbocycles. The summed E-state index contributed by atoms with van der Waals surface area (Å²) in [5, 5.41) is 13.4. The summed E-state index contributed by atoms with van der Waals surface area (Å²) >= 11 is 0. The monoisotopic (exact) mass is 202 g/mol. The lowest BCUT2D eigenvalue weighted by atomic mass is 10.2. The average Bonchev–Trinajstić information content (AvgIpc) is 2.10. The van der Waals surface area contributed by atoms with Crippen LogP contribution in [0.4, 0.5) is 0 Å². The van der Waals surface area contributed by atoms with Crippen molar-refractivity contribution < 1.29 is 19.5 Å². The van der Waals surface area contributed by atoms with Crippen LogP contribution in [0.5, 0.6) is 0 Å². The number of carboxylic acid groups (broad SMARTS) is 1. The Hall–Kier alpha value is -1.43. The van der Waals surface area contributed by atoms with Crippen molar-refractivity contribution in [2.45, 2.75) is 19.4 Å². The summed E-state index contributed by atoms with van der Waals surface area (Å²) in [4.78, 5) is 32.0. The molecule has 80 valence electrons. The van der Waals surface area contributed by atoms with Crippen LogP contribution < -0.4 is 10.6 Å². The molecule has 1 amide bonds. The molecule has 0 aromatic rings. The van der Waals surface area contributed by atoms with Crippen molar-refractivity contribution >= 4 is 17.7 Å². The standard InChI is InChI=1S/C8H14N2O4/c1-5(11)4-10-7(12)3-6(9-2)8(13)14/h6,9H,3-4H2,1-2H3,(H,10,12)(H,13,14). The number of likely N-dealkylation sites (N-methyl/N-ethyl adjacent to an activating group) is 1. The summed E-state index contributed by atoms with van der Waals surface area (Å²) in [5.74, 6) is -1.72. The summed E-state index contributed by atoms with van der Waals surface area (Å²) in [6.45, 7) is 1.28. The number of amides is 1. The minimum atomic E-state index is -1.09. The van der Waals surface area contributed by atoms with Gasteiger partial charge in [-0.3, -0.25) is 14.4 Å². The van der Waals surface area contributed by atoms with Gasteiger partial charge in [-0.2, -0.15) is 0 Å². The molecule has 0 radical (unpaired) electrons. The third-order valence-corrected chi connectivity index (χ3v) is 1.57. The number of aliphatic carboxylic acids is 1. The Bertz CT molecular complexity index is 239. The highest BCUT2D eigenvalue weighted by atomic mass is 16.4. The summed E-state index contributed by atoms with van der Waals surface area (Å²) in [7, 11) is 1.46. The number of Topliss-reactive ketones (excluding diaryl/α,β-unsaturated/α-hetero) is 1. The number of carbonyl (C=O) groups excluding carboxylic acids is 2. The first-order valence-electron chi connectivity index (χ1n) is 4.13. The first-order valence-corrected chi connectivity index (χ1v) is 4.13. The lowest BCUT2D eigenvalue weighted by Gasteiger charge is -2.10. The maximum Gasteiger partial charge on any atom is 0.321 e. The SMILES string of the molecule is CNC(CC(=O)NCC(C)=O)C(=O)O. The highest BCUT2D eigenvalue weighted by Crippen LogP contribution is 1.91. The van der Waals surface area contributed by atoms with Gasteiger partial charge in [-0.05, 0) is 14.0 Å². The number of hydrogen-bond acceptors (Lipinski definition) is 4. The Balaban J connectivity index is 3.91. The molecule has 0 bridgehead atoms. The summed E-state index contributed by atoms with van der Waals surface area (Å²) in [6, 6.07) is -0.915. The Labute approximate surface area is 81.7 Å². The molecule has 0 aliphatic carbocycles. The lowest BCUT2D eigenvalue weighted by Crippen LogP contribution is -2.40. The highest BCUT2D eigenvalue weighted by molar-refractivity contribution is 5.87. The maximum absolute atomic E-state index is 11.1. The van der Waals surface area contributed by atoms with Gasteiger partial charge in [-0.1, -0.05) is 0 Å². The molecule has 0 rings (SSSR count). The third kappa shape index (κ3) is 5.26. The van der Waals surface area contributed by atoms with Crippen molar-refractivity contribution in [3.63, 3.8) is 0 Å².